The van der Waals surface area contributed by atoms with Crippen LogP contribution in [0.2, 0.25) is 0 Å². The lowest BCUT2D eigenvalue weighted by molar-refractivity contribution is 0.0952. The molecule has 2 heterocycles. The highest BCUT2D eigenvalue weighted by atomic mass is 19.1. The minimum atomic E-state index is -0.500. The van der Waals surface area contributed by atoms with Crippen molar-refractivity contribution in [1.29, 1.82) is 0 Å². The maximum absolute atomic E-state index is 13.8. The van der Waals surface area contributed by atoms with Crippen LogP contribution in [0.25, 0.3) is 11.3 Å². The van der Waals surface area contributed by atoms with Crippen LogP contribution in [-0.2, 0) is 6.54 Å². The van der Waals surface area contributed by atoms with Crippen LogP contribution in [0.5, 0.6) is 5.75 Å². The molecule has 0 unspecified atom stereocenters. The smallest absolute Gasteiger partial charge is 0.259 e. The van der Waals surface area contributed by atoms with Gasteiger partial charge in [-0.3, -0.25) is 9.48 Å². The monoisotopic (exact) mass is 415 g/mol. The van der Waals surface area contributed by atoms with Crippen molar-refractivity contribution in [2.45, 2.75) is 27.3 Å². The van der Waals surface area contributed by atoms with Crippen molar-refractivity contribution in [1.82, 2.24) is 20.3 Å². The summed E-state index contributed by atoms with van der Waals surface area (Å²) >= 11 is 0. The summed E-state index contributed by atoms with van der Waals surface area (Å²) in [5.41, 5.74) is 3.95. The van der Waals surface area contributed by atoms with Crippen LogP contribution in [0.4, 0.5) is 10.2 Å². The second kappa shape index (κ2) is 8.56. The quantitative estimate of drug-likeness (QED) is 0.638. The van der Waals surface area contributed by atoms with Crippen molar-refractivity contribution in [3.63, 3.8) is 0 Å². The topological polar surface area (TPSA) is 85.4 Å². The highest BCUT2D eigenvalue weighted by Gasteiger charge is 2.26. The molecule has 0 aliphatic rings. The molecular formula is C21H26FN5O3. The van der Waals surface area contributed by atoms with Gasteiger partial charge in [-0.05, 0) is 44.5 Å². The van der Waals surface area contributed by atoms with Crippen molar-refractivity contribution >= 4 is 11.7 Å². The van der Waals surface area contributed by atoms with Crippen LogP contribution in [0.1, 0.15) is 27.3 Å². The molecule has 160 valence electrons. The van der Waals surface area contributed by atoms with E-state index in [2.05, 4.69) is 15.6 Å². The molecule has 0 aliphatic heterocycles. The lowest BCUT2D eigenvalue weighted by Gasteiger charge is -2.12. The Morgan fingerprint density at radius 3 is 2.63 bits per heavy atom. The largest absolute Gasteiger partial charge is 0.494 e. The number of ether oxygens (including phenoxy) is 1. The number of anilines is 1. The van der Waals surface area contributed by atoms with Crippen molar-refractivity contribution in [3.8, 4) is 17.1 Å². The minimum absolute atomic E-state index is 0.0570. The van der Waals surface area contributed by atoms with Gasteiger partial charge in [0.25, 0.3) is 5.91 Å². The zero-order valence-corrected chi connectivity index (χ0v) is 18.0. The fourth-order valence-corrected chi connectivity index (χ4v) is 3.16. The Hall–Kier alpha value is -3.36. The lowest BCUT2D eigenvalue weighted by Crippen LogP contribution is -2.29. The van der Waals surface area contributed by atoms with E-state index in [0.29, 0.717) is 24.5 Å². The van der Waals surface area contributed by atoms with Gasteiger partial charge in [0.05, 0.1) is 19.3 Å². The molecule has 0 saturated heterocycles. The first-order valence-corrected chi connectivity index (χ1v) is 9.54. The molecule has 0 fully saturated rings. The van der Waals surface area contributed by atoms with Gasteiger partial charge in [0.2, 0.25) is 0 Å². The first-order chi connectivity index (χ1) is 14.2. The number of nitrogens with one attached hydrogen (secondary N) is 1. The number of halogens is 1. The summed E-state index contributed by atoms with van der Waals surface area (Å²) in [5, 5.41) is 11.4. The highest BCUT2D eigenvalue weighted by Crippen LogP contribution is 2.33. The average molecular weight is 415 g/mol. The number of carbonyl (C=O) groups is 1. The van der Waals surface area contributed by atoms with E-state index < -0.39 is 5.82 Å². The van der Waals surface area contributed by atoms with E-state index in [4.69, 9.17) is 9.26 Å². The van der Waals surface area contributed by atoms with Gasteiger partial charge in [0.15, 0.2) is 23.1 Å². The van der Waals surface area contributed by atoms with E-state index in [0.717, 1.165) is 17.0 Å². The Bertz CT molecular complexity index is 1070. The minimum Gasteiger partial charge on any atom is -0.494 e. The second-order valence-corrected chi connectivity index (χ2v) is 7.23. The van der Waals surface area contributed by atoms with Gasteiger partial charge in [-0.1, -0.05) is 5.16 Å². The van der Waals surface area contributed by atoms with Crippen LogP contribution >= 0.6 is 0 Å². The zero-order chi connectivity index (χ0) is 22.0. The predicted molar refractivity (Wildman–Crippen MR) is 112 cm³/mol. The van der Waals surface area contributed by atoms with E-state index in [1.54, 1.807) is 19.0 Å². The average Bonchev–Trinajstić information content (AvgIpc) is 3.26. The Kier molecular flexibility index (Phi) is 6.09. The third-order valence-corrected chi connectivity index (χ3v) is 5.09. The van der Waals surface area contributed by atoms with Crippen LogP contribution in [0, 0.1) is 26.6 Å². The van der Waals surface area contributed by atoms with Crippen LogP contribution in [-0.4, -0.2) is 48.6 Å². The molecule has 0 saturated carbocycles. The third-order valence-electron chi connectivity index (χ3n) is 5.09. The summed E-state index contributed by atoms with van der Waals surface area (Å²) in [6.45, 7) is 6.90. The third kappa shape index (κ3) is 4.00. The standard InChI is InChI=1S/C21H26FN5O3/c1-12-13(2)24-27(14(12)3)10-9-23-21(28)18-19(30-25-20(18)26(4)5)15-7-8-16(22)17(11-15)29-6/h7-8,11H,9-10H2,1-6H3,(H,23,28). The number of methoxy groups -OCH3 is 1. The molecule has 0 aliphatic carbocycles. The molecule has 0 radical (unpaired) electrons. The van der Waals surface area contributed by atoms with E-state index in [1.165, 1.54) is 25.3 Å². The number of amides is 1. The second-order valence-electron chi connectivity index (χ2n) is 7.23. The van der Waals surface area contributed by atoms with Gasteiger partial charge in [0, 0.05) is 31.9 Å². The Morgan fingerprint density at radius 2 is 2.03 bits per heavy atom. The van der Waals surface area contributed by atoms with Crippen LogP contribution in [0.15, 0.2) is 22.7 Å². The number of hydrogen-bond donors (Lipinski definition) is 1. The van der Waals surface area contributed by atoms with E-state index >= 15 is 0 Å². The van der Waals surface area contributed by atoms with Crippen LogP contribution in [0.3, 0.4) is 0 Å². The zero-order valence-electron chi connectivity index (χ0n) is 18.0. The molecule has 0 atom stereocenters. The summed E-state index contributed by atoms with van der Waals surface area (Å²) in [7, 11) is 4.91. The first kappa shape index (κ1) is 21.4. The molecule has 1 amide bonds. The van der Waals surface area contributed by atoms with Crippen molar-refractivity contribution in [3.05, 3.63) is 46.5 Å². The summed E-state index contributed by atoms with van der Waals surface area (Å²) in [6, 6.07) is 4.26. The Labute approximate surface area is 174 Å². The summed E-state index contributed by atoms with van der Waals surface area (Å²) in [6.07, 6.45) is 0. The molecule has 1 N–H and O–H groups in total. The van der Waals surface area contributed by atoms with Crippen molar-refractivity contribution in [2.24, 2.45) is 0 Å². The fourth-order valence-electron chi connectivity index (χ4n) is 3.16. The lowest BCUT2D eigenvalue weighted by atomic mass is 10.1. The molecule has 1 aromatic carbocycles. The predicted octanol–water partition coefficient (Wildman–Crippen LogP) is 3.11. The maximum Gasteiger partial charge on any atom is 0.259 e. The maximum atomic E-state index is 13.8. The van der Waals surface area contributed by atoms with Gasteiger partial charge in [-0.25, -0.2) is 4.39 Å². The van der Waals surface area contributed by atoms with E-state index in [1.807, 2.05) is 25.5 Å². The van der Waals surface area contributed by atoms with Crippen molar-refractivity contribution < 1.29 is 18.4 Å². The van der Waals surface area contributed by atoms with Gasteiger partial charge in [-0.15, -0.1) is 0 Å². The summed E-state index contributed by atoms with van der Waals surface area (Å²) in [5.74, 6) is -0.151. The number of carbonyl (C=O) groups excluding carboxylic acids is 1. The van der Waals surface area contributed by atoms with E-state index in [9.17, 15) is 9.18 Å². The summed E-state index contributed by atoms with van der Waals surface area (Å²) < 4.78 is 26.2. The van der Waals surface area contributed by atoms with Gasteiger partial charge < -0.3 is 19.5 Å². The van der Waals surface area contributed by atoms with Gasteiger partial charge in [0.1, 0.15) is 5.56 Å². The molecule has 0 bridgehead atoms. The molecule has 0 spiro atoms. The highest BCUT2D eigenvalue weighted by molar-refractivity contribution is 6.04. The van der Waals surface area contributed by atoms with Crippen molar-refractivity contribution in [2.75, 3.05) is 32.6 Å². The molecular weight excluding hydrogens is 389 g/mol. The molecule has 3 aromatic rings. The van der Waals surface area contributed by atoms with Crippen LogP contribution < -0.4 is 15.0 Å². The van der Waals surface area contributed by atoms with E-state index in [-0.39, 0.29) is 23.0 Å². The fraction of sp³-hybridized carbons (Fsp3) is 0.381. The number of rotatable bonds is 7. The number of aromatic nitrogens is 3. The first-order valence-electron chi connectivity index (χ1n) is 9.54. The SMILES string of the molecule is COc1cc(-c2onc(N(C)C)c2C(=O)NCCn2nc(C)c(C)c2C)ccc1F. The number of hydrogen-bond acceptors (Lipinski definition) is 6. The Morgan fingerprint density at radius 1 is 1.30 bits per heavy atom. The number of benzene rings is 1. The number of nitrogens with zero attached hydrogens (tertiary/aromatic N) is 4. The molecule has 8 nitrogen and oxygen atoms in total. The van der Waals surface area contributed by atoms with Gasteiger partial charge in [-0.2, -0.15) is 5.10 Å². The normalized spacial score (nSPS) is 10.9. The molecule has 2 aromatic heterocycles. The molecule has 9 heteroatoms. The number of aryl methyl sites for hydroxylation is 1. The van der Waals surface area contributed by atoms with Gasteiger partial charge >= 0.3 is 0 Å². The Balaban J connectivity index is 1.85. The molecule has 3 rings (SSSR count). The molecule has 30 heavy (non-hydrogen) atoms. The summed E-state index contributed by atoms with van der Waals surface area (Å²) in [4.78, 5) is 14.7.